The predicted molar refractivity (Wildman–Crippen MR) is 78.6 cm³/mol. The van der Waals surface area contributed by atoms with Gasteiger partial charge in [0.15, 0.2) is 0 Å². The molecule has 1 unspecified atom stereocenters. The molecule has 3 rings (SSSR count). The van der Waals surface area contributed by atoms with Gasteiger partial charge in [0, 0.05) is 17.1 Å². The molecule has 21 heavy (non-hydrogen) atoms. The van der Waals surface area contributed by atoms with E-state index in [1.54, 1.807) is 30.5 Å². The number of nitrogens with zero attached hydrogens (tertiary/aromatic N) is 1. The molecule has 0 fully saturated rings. The van der Waals surface area contributed by atoms with E-state index in [0.29, 0.717) is 5.75 Å². The molecule has 0 spiro atoms. The van der Waals surface area contributed by atoms with Gasteiger partial charge in [-0.25, -0.2) is 4.39 Å². The van der Waals surface area contributed by atoms with Crippen LogP contribution in [0.5, 0.6) is 5.75 Å². The minimum absolute atomic E-state index is 0.0311. The molecular formula is C17H14FNO2. The second-order valence-corrected chi connectivity index (χ2v) is 4.68. The van der Waals surface area contributed by atoms with Gasteiger partial charge in [-0.15, -0.1) is 0 Å². The number of ether oxygens (including phenoxy) is 1. The van der Waals surface area contributed by atoms with Crippen LogP contribution in [0.15, 0.2) is 60.8 Å². The number of hydrogen-bond donors (Lipinski definition) is 1. The number of aliphatic hydroxyl groups excluding tert-OH is 1. The molecule has 0 saturated heterocycles. The normalized spacial score (nSPS) is 12.3. The van der Waals surface area contributed by atoms with E-state index >= 15 is 0 Å². The van der Waals surface area contributed by atoms with Crippen LogP contribution in [0.4, 0.5) is 4.39 Å². The van der Waals surface area contributed by atoms with Gasteiger partial charge in [-0.05, 0) is 18.2 Å². The lowest BCUT2D eigenvalue weighted by Crippen LogP contribution is -2.11. The molecule has 0 bridgehead atoms. The summed E-state index contributed by atoms with van der Waals surface area (Å²) in [5, 5.41) is 11.0. The van der Waals surface area contributed by atoms with Crippen LogP contribution >= 0.6 is 0 Å². The van der Waals surface area contributed by atoms with Crippen LogP contribution in [0.2, 0.25) is 0 Å². The summed E-state index contributed by atoms with van der Waals surface area (Å²) in [7, 11) is 0. The lowest BCUT2D eigenvalue weighted by atomic mass is 10.1. The predicted octanol–water partition coefficient (Wildman–Crippen LogP) is 3.49. The maximum Gasteiger partial charge on any atom is 0.145 e. The van der Waals surface area contributed by atoms with Crippen molar-refractivity contribution >= 4 is 10.9 Å². The largest absolute Gasteiger partial charge is 0.488 e. The molecule has 1 heterocycles. The monoisotopic (exact) mass is 283 g/mol. The third kappa shape index (κ3) is 2.85. The topological polar surface area (TPSA) is 42.4 Å². The van der Waals surface area contributed by atoms with E-state index in [1.165, 1.54) is 6.07 Å². The standard InChI is InChI=1S/C17H14FNO2/c18-14-8-2-1-7-13(14)15(20)11-21-16-9-3-5-12-6-4-10-19-17(12)16/h1-10,15,20H,11H2. The SMILES string of the molecule is OC(COc1cccc2cccnc12)c1ccccc1F. The van der Waals surface area contributed by atoms with Gasteiger partial charge in [0.25, 0.3) is 0 Å². The summed E-state index contributed by atoms with van der Waals surface area (Å²) in [5.41, 5.74) is 0.950. The van der Waals surface area contributed by atoms with Crippen molar-refractivity contribution in [1.82, 2.24) is 4.98 Å². The fraction of sp³-hybridized carbons (Fsp3) is 0.118. The van der Waals surface area contributed by atoms with Crippen LogP contribution in [0.3, 0.4) is 0 Å². The van der Waals surface area contributed by atoms with Crippen LogP contribution in [-0.4, -0.2) is 16.7 Å². The van der Waals surface area contributed by atoms with E-state index in [9.17, 15) is 9.50 Å². The molecule has 0 amide bonds. The van der Waals surface area contributed by atoms with E-state index < -0.39 is 11.9 Å². The number of aromatic nitrogens is 1. The molecule has 0 aliphatic heterocycles. The van der Waals surface area contributed by atoms with Crippen molar-refractivity contribution in [3.05, 3.63) is 72.2 Å². The zero-order valence-electron chi connectivity index (χ0n) is 11.2. The first kappa shape index (κ1) is 13.5. The Bertz CT molecular complexity index is 755. The van der Waals surface area contributed by atoms with Crippen LogP contribution in [0, 0.1) is 5.82 Å². The van der Waals surface area contributed by atoms with Crippen molar-refractivity contribution in [2.45, 2.75) is 6.10 Å². The van der Waals surface area contributed by atoms with Gasteiger partial charge in [0.05, 0.1) is 0 Å². The third-order valence-electron chi connectivity index (χ3n) is 3.26. The number of halogens is 1. The molecule has 1 N–H and O–H groups in total. The van der Waals surface area contributed by atoms with E-state index in [4.69, 9.17) is 4.74 Å². The lowest BCUT2D eigenvalue weighted by Gasteiger charge is -2.14. The number of aliphatic hydroxyl groups is 1. The summed E-state index contributed by atoms with van der Waals surface area (Å²) in [4.78, 5) is 4.27. The molecule has 106 valence electrons. The highest BCUT2D eigenvalue weighted by Gasteiger charge is 2.13. The number of rotatable bonds is 4. The van der Waals surface area contributed by atoms with E-state index in [-0.39, 0.29) is 12.2 Å². The zero-order valence-corrected chi connectivity index (χ0v) is 11.2. The molecule has 2 aromatic carbocycles. The summed E-state index contributed by atoms with van der Waals surface area (Å²) in [6, 6.07) is 15.5. The number of fused-ring (bicyclic) bond motifs is 1. The maximum absolute atomic E-state index is 13.6. The van der Waals surface area contributed by atoms with Gasteiger partial charge < -0.3 is 9.84 Å². The summed E-state index contributed by atoms with van der Waals surface area (Å²) in [6.45, 7) is -0.0311. The molecule has 1 atom stereocenters. The molecule has 3 nitrogen and oxygen atoms in total. The van der Waals surface area contributed by atoms with E-state index in [1.807, 2.05) is 24.3 Å². The zero-order chi connectivity index (χ0) is 14.7. The van der Waals surface area contributed by atoms with Gasteiger partial charge in [-0.3, -0.25) is 4.98 Å². The molecule has 0 saturated carbocycles. The Hall–Kier alpha value is -2.46. The van der Waals surface area contributed by atoms with Crippen molar-refractivity contribution in [2.24, 2.45) is 0 Å². The molecule has 1 aromatic heterocycles. The maximum atomic E-state index is 13.6. The summed E-state index contributed by atoms with van der Waals surface area (Å²) in [5.74, 6) is 0.133. The quantitative estimate of drug-likeness (QED) is 0.797. The van der Waals surface area contributed by atoms with E-state index in [2.05, 4.69) is 4.98 Å². The second-order valence-electron chi connectivity index (χ2n) is 4.68. The smallest absolute Gasteiger partial charge is 0.145 e. The van der Waals surface area contributed by atoms with Crippen molar-refractivity contribution in [1.29, 1.82) is 0 Å². The Morgan fingerprint density at radius 1 is 1.05 bits per heavy atom. The molecule has 0 radical (unpaired) electrons. The van der Waals surface area contributed by atoms with Crippen LogP contribution in [0.25, 0.3) is 10.9 Å². The van der Waals surface area contributed by atoms with Crippen molar-refractivity contribution < 1.29 is 14.2 Å². The number of pyridine rings is 1. The first-order valence-corrected chi connectivity index (χ1v) is 6.65. The minimum Gasteiger partial charge on any atom is -0.488 e. The highest BCUT2D eigenvalue weighted by atomic mass is 19.1. The molecular weight excluding hydrogens is 269 g/mol. The van der Waals surface area contributed by atoms with Crippen molar-refractivity contribution in [3.8, 4) is 5.75 Å². The first-order valence-electron chi connectivity index (χ1n) is 6.65. The van der Waals surface area contributed by atoms with E-state index in [0.717, 1.165) is 10.9 Å². The molecule has 0 aliphatic rings. The summed E-state index contributed by atoms with van der Waals surface area (Å²) in [6.07, 6.45) is 0.660. The van der Waals surface area contributed by atoms with Gasteiger partial charge in [-0.2, -0.15) is 0 Å². The second kappa shape index (κ2) is 5.89. The minimum atomic E-state index is -1.02. The van der Waals surface area contributed by atoms with Crippen LogP contribution in [-0.2, 0) is 0 Å². The Labute approximate surface area is 121 Å². The van der Waals surface area contributed by atoms with Gasteiger partial charge in [0.2, 0.25) is 0 Å². The third-order valence-corrected chi connectivity index (χ3v) is 3.26. The Morgan fingerprint density at radius 2 is 1.86 bits per heavy atom. The fourth-order valence-corrected chi connectivity index (χ4v) is 2.20. The Kier molecular flexibility index (Phi) is 3.79. The highest BCUT2D eigenvalue weighted by Crippen LogP contribution is 2.25. The fourth-order valence-electron chi connectivity index (χ4n) is 2.20. The number of benzene rings is 2. The average Bonchev–Trinajstić information content (AvgIpc) is 2.53. The van der Waals surface area contributed by atoms with Crippen molar-refractivity contribution in [3.63, 3.8) is 0 Å². The van der Waals surface area contributed by atoms with Crippen LogP contribution in [0.1, 0.15) is 11.7 Å². The number of para-hydroxylation sites is 1. The summed E-state index contributed by atoms with van der Waals surface area (Å²) >= 11 is 0. The van der Waals surface area contributed by atoms with Gasteiger partial charge in [0.1, 0.15) is 29.8 Å². The summed E-state index contributed by atoms with van der Waals surface area (Å²) < 4.78 is 19.2. The Morgan fingerprint density at radius 3 is 2.71 bits per heavy atom. The molecule has 0 aliphatic carbocycles. The Balaban J connectivity index is 1.79. The van der Waals surface area contributed by atoms with Gasteiger partial charge >= 0.3 is 0 Å². The first-order chi connectivity index (χ1) is 10.3. The lowest BCUT2D eigenvalue weighted by molar-refractivity contribution is 0.106. The van der Waals surface area contributed by atoms with Crippen molar-refractivity contribution in [2.75, 3.05) is 6.61 Å². The van der Waals surface area contributed by atoms with Gasteiger partial charge in [-0.1, -0.05) is 36.4 Å². The highest BCUT2D eigenvalue weighted by molar-refractivity contribution is 5.84. The molecule has 4 heteroatoms. The van der Waals surface area contributed by atoms with Crippen LogP contribution < -0.4 is 4.74 Å². The number of hydrogen-bond acceptors (Lipinski definition) is 3. The average molecular weight is 283 g/mol. The molecule has 3 aromatic rings.